The highest BCUT2D eigenvalue weighted by atomic mass is 16.4. The van der Waals surface area contributed by atoms with Gasteiger partial charge in [0.05, 0.1) is 11.5 Å². The normalized spacial score (nSPS) is 18.7. The Labute approximate surface area is 118 Å². The molecule has 108 valence electrons. The van der Waals surface area contributed by atoms with Crippen molar-refractivity contribution in [2.75, 3.05) is 32.1 Å². The van der Waals surface area contributed by atoms with Gasteiger partial charge in [0.2, 0.25) is 0 Å². The molecule has 1 aliphatic rings. The van der Waals surface area contributed by atoms with E-state index >= 15 is 0 Å². The summed E-state index contributed by atoms with van der Waals surface area (Å²) in [5.74, 6) is -1.34. The molecule has 0 aromatic heterocycles. The van der Waals surface area contributed by atoms with Crippen molar-refractivity contribution in [2.45, 2.75) is 12.8 Å². The van der Waals surface area contributed by atoms with E-state index in [9.17, 15) is 9.59 Å². The topological polar surface area (TPSA) is 60.9 Å². The number of hydrogen-bond donors (Lipinski definition) is 1. The Kier molecular flexibility index (Phi) is 4.27. The molecule has 1 aromatic carbocycles. The molecule has 1 amide bonds. The van der Waals surface area contributed by atoms with Gasteiger partial charge in [0.1, 0.15) is 0 Å². The van der Waals surface area contributed by atoms with Crippen molar-refractivity contribution < 1.29 is 14.7 Å². The number of likely N-dealkylation sites (tertiary alicyclic amines) is 1. The van der Waals surface area contributed by atoms with Gasteiger partial charge in [-0.05, 0) is 25.0 Å². The van der Waals surface area contributed by atoms with Crippen LogP contribution >= 0.6 is 0 Å². The van der Waals surface area contributed by atoms with Gasteiger partial charge in [0.25, 0.3) is 5.91 Å². The zero-order valence-electron chi connectivity index (χ0n) is 11.9. The first-order valence-electron chi connectivity index (χ1n) is 6.79. The third kappa shape index (κ3) is 2.92. The third-order valence-electron chi connectivity index (χ3n) is 3.67. The summed E-state index contributed by atoms with van der Waals surface area (Å²) in [7, 11) is 3.78. The molecule has 0 radical (unpaired) electrons. The summed E-state index contributed by atoms with van der Waals surface area (Å²) >= 11 is 0. The standard InChI is InChI=1S/C15H20N2O3/c1-16(2)13-8-4-3-7-12(13)14(18)17-9-5-6-11(10-17)15(19)20/h3-4,7-8,11H,5-6,9-10H2,1-2H3,(H,19,20). The van der Waals surface area contributed by atoms with E-state index in [0.717, 1.165) is 12.1 Å². The second kappa shape index (κ2) is 5.94. The molecule has 0 aliphatic carbocycles. The van der Waals surface area contributed by atoms with E-state index in [1.54, 1.807) is 11.0 Å². The van der Waals surface area contributed by atoms with Crippen LogP contribution in [0.1, 0.15) is 23.2 Å². The molecule has 5 nitrogen and oxygen atoms in total. The molecule has 1 saturated heterocycles. The summed E-state index contributed by atoms with van der Waals surface area (Å²) in [5, 5.41) is 9.10. The number of hydrogen-bond acceptors (Lipinski definition) is 3. The largest absolute Gasteiger partial charge is 0.481 e. The Balaban J connectivity index is 2.21. The number of nitrogens with zero attached hydrogens (tertiary/aromatic N) is 2. The number of piperidine rings is 1. The van der Waals surface area contributed by atoms with E-state index in [1.807, 2.05) is 37.2 Å². The Hall–Kier alpha value is -2.04. The van der Waals surface area contributed by atoms with Gasteiger partial charge in [-0.2, -0.15) is 0 Å². The van der Waals surface area contributed by atoms with Crippen LogP contribution in [0.3, 0.4) is 0 Å². The lowest BCUT2D eigenvalue weighted by Crippen LogP contribution is -2.42. The summed E-state index contributed by atoms with van der Waals surface area (Å²) in [5.41, 5.74) is 1.48. The first kappa shape index (κ1) is 14.4. The van der Waals surface area contributed by atoms with Gasteiger partial charge in [0, 0.05) is 32.9 Å². The summed E-state index contributed by atoms with van der Waals surface area (Å²) in [6, 6.07) is 7.41. The maximum absolute atomic E-state index is 12.6. The number of carboxylic acid groups (broad SMARTS) is 1. The van der Waals surface area contributed by atoms with Gasteiger partial charge in [0.15, 0.2) is 0 Å². The third-order valence-corrected chi connectivity index (χ3v) is 3.67. The highest BCUT2D eigenvalue weighted by Gasteiger charge is 2.29. The number of aliphatic carboxylic acids is 1. The minimum absolute atomic E-state index is 0.0831. The highest BCUT2D eigenvalue weighted by molar-refractivity contribution is 6.00. The predicted octanol–water partition coefficient (Wildman–Crippen LogP) is 1.69. The molecular formula is C15H20N2O3. The molecule has 2 rings (SSSR count). The second-order valence-electron chi connectivity index (χ2n) is 5.34. The number of carbonyl (C=O) groups excluding carboxylic acids is 1. The van der Waals surface area contributed by atoms with Crippen LogP contribution < -0.4 is 4.90 Å². The van der Waals surface area contributed by atoms with Crippen LogP contribution in [0.15, 0.2) is 24.3 Å². The summed E-state index contributed by atoms with van der Waals surface area (Å²) < 4.78 is 0. The van der Waals surface area contributed by atoms with E-state index < -0.39 is 11.9 Å². The summed E-state index contributed by atoms with van der Waals surface area (Å²) in [6.07, 6.45) is 1.39. The van der Waals surface area contributed by atoms with Crippen molar-refractivity contribution >= 4 is 17.6 Å². The molecule has 0 spiro atoms. The van der Waals surface area contributed by atoms with Crippen molar-refractivity contribution in [3.8, 4) is 0 Å². The zero-order chi connectivity index (χ0) is 14.7. The lowest BCUT2D eigenvalue weighted by molar-refractivity contribution is -0.143. The van der Waals surface area contributed by atoms with Gasteiger partial charge in [-0.3, -0.25) is 9.59 Å². The van der Waals surface area contributed by atoms with Gasteiger partial charge in [-0.25, -0.2) is 0 Å². The van der Waals surface area contributed by atoms with Gasteiger partial charge in [-0.1, -0.05) is 12.1 Å². The monoisotopic (exact) mass is 276 g/mol. The fourth-order valence-corrected chi connectivity index (χ4v) is 2.58. The van der Waals surface area contributed by atoms with E-state index in [4.69, 9.17) is 5.11 Å². The first-order chi connectivity index (χ1) is 9.50. The van der Waals surface area contributed by atoms with Crippen LogP contribution in [-0.2, 0) is 4.79 Å². The molecule has 1 N–H and O–H groups in total. The molecule has 1 atom stereocenters. The van der Waals surface area contributed by atoms with Crippen molar-refractivity contribution in [1.82, 2.24) is 4.90 Å². The quantitative estimate of drug-likeness (QED) is 0.912. The van der Waals surface area contributed by atoms with Gasteiger partial charge in [-0.15, -0.1) is 0 Å². The molecule has 20 heavy (non-hydrogen) atoms. The molecule has 5 heteroatoms. The maximum Gasteiger partial charge on any atom is 0.308 e. The van der Waals surface area contributed by atoms with Crippen molar-refractivity contribution in [1.29, 1.82) is 0 Å². The van der Waals surface area contributed by atoms with Crippen molar-refractivity contribution in [3.63, 3.8) is 0 Å². The average Bonchev–Trinajstić information content (AvgIpc) is 2.46. The number of amides is 1. The number of carboxylic acids is 1. The van der Waals surface area contributed by atoms with Crippen LogP contribution in [0.25, 0.3) is 0 Å². The predicted molar refractivity (Wildman–Crippen MR) is 77.0 cm³/mol. The average molecular weight is 276 g/mol. The Bertz CT molecular complexity index is 514. The highest BCUT2D eigenvalue weighted by Crippen LogP contribution is 2.23. The molecule has 1 aromatic rings. The Morgan fingerprint density at radius 1 is 1.30 bits per heavy atom. The zero-order valence-corrected chi connectivity index (χ0v) is 11.9. The van der Waals surface area contributed by atoms with E-state index in [-0.39, 0.29) is 5.91 Å². The molecule has 1 fully saturated rings. The number of para-hydroxylation sites is 1. The number of benzene rings is 1. The first-order valence-corrected chi connectivity index (χ1v) is 6.79. The SMILES string of the molecule is CN(C)c1ccccc1C(=O)N1CCCC(C(=O)O)C1. The molecule has 0 bridgehead atoms. The fraction of sp³-hybridized carbons (Fsp3) is 0.467. The molecular weight excluding hydrogens is 256 g/mol. The minimum Gasteiger partial charge on any atom is -0.481 e. The fourth-order valence-electron chi connectivity index (χ4n) is 2.58. The lowest BCUT2D eigenvalue weighted by atomic mass is 9.97. The smallest absolute Gasteiger partial charge is 0.308 e. The lowest BCUT2D eigenvalue weighted by Gasteiger charge is -2.31. The molecule has 1 unspecified atom stereocenters. The second-order valence-corrected chi connectivity index (χ2v) is 5.34. The number of anilines is 1. The van der Waals surface area contributed by atoms with Crippen LogP contribution in [0, 0.1) is 5.92 Å². The van der Waals surface area contributed by atoms with E-state index in [1.165, 1.54) is 0 Å². The van der Waals surface area contributed by atoms with Gasteiger partial charge >= 0.3 is 5.97 Å². The molecule has 1 aliphatic heterocycles. The number of rotatable bonds is 3. The minimum atomic E-state index is -0.816. The van der Waals surface area contributed by atoms with Crippen LogP contribution in [-0.4, -0.2) is 49.1 Å². The van der Waals surface area contributed by atoms with Crippen LogP contribution in [0.2, 0.25) is 0 Å². The molecule has 0 saturated carbocycles. The van der Waals surface area contributed by atoms with Crippen molar-refractivity contribution in [2.24, 2.45) is 5.92 Å². The Morgan fingerprint density at radius 2 is 2.00 bits per heavy atom. The Morgan fingerprint density at radius 3 is 2.65 bits per heavy atom. The van der Waals surface area contributed by atoms with E-state index in [2.05, 4.69) is 0 Å². The van der Waals surface area contributed by atoms with Crippen LogP contribution in [0.4, 0.5) is 5.69 Å². The molecule has 1 heterocycles. The van der Waals surface area contributed by atoms with E-state index in [0.29, 0.717) is 25.1 Å². The van der Waals surface area contributed by atoms with Crippen molar-refractivity contribution in [3.05, 3.63) is 29.8 Å². The van der Waals surface area contributed by atoms with Gasteiger partial charge < -0.3 is 14.9 Å². The number of carbonyl (C=O) groups is 2. The summed E-state index contributed by atoms with van der Waals surface area (Å²) in [6.45, 7) is 0.931. The van der Waals surface area contributed by atoms with Crippen LogP contribution in [0.5, 0.6) is 0 Å². The summed E-state index contributed by atoms with van der Waals surface area (Å²) in [4.78, 5) is 27.2. The maximum atomic E-state index is 12.6.